The molecular formula is C29H31N7O. The number of rotatable bonds is 6. The zero-order valence-electron chi connectivity index (χ0n) is 21.9. The number of imidazole rings is 1. The molecule has 5 aromatic rings. The summed E-state index contributed by atoms with van der Waals surface area (Å²) in [6.45, 7) is 8.40. The molecule has 0 fully saturated rings. The van der Waals surface area contributed by atoms with Crippen molar-refractivity contribution in [3.05, 3.63) is 76.7 Å². The standard InChI is InChI=1S/C29H31N7O/c1-6-25-31-26-17(2)15-24(29(3,4)37-5)30-28(26)36(25)23-14-12-19-16-18(11-13-21(19)23)20-9-7-8-10-22(20)27-32-34-35-33-27/h7-11,13,15-16,23H,6,12,14H2,1-5H3,(H,32,33,34,35)/t23-/m0/s1. The molecule has 0 spiro atoms. The monoisotopic (exact) mass is 493 g/mol. The first kappa shape index (κ1) is 23.5. The molecular weight excluding hydrogens is 462 g/mol. The first-order valence-corrected chi connectivity index (χ1v) is 12.8. The van der Waals surface area contributed by atoms with Crippen LogP contribution in [-0.2, 0) is 23.2 Å². The third-order valence-electron chi connectivity index (χ3n) is 7.68. The van der Waals surface area contributed by atoms with E-state index in [1.165, 1.54) is 11.1 Å². The van der Waals surface area contributed by atoms with Crippen LogP contribution in [0.3, 0.4) is 0 Å². The van der Waals surface area contributed by atoms with Gasteiger partial charge in [0.2, 0.25) is 5.82 Å². The van der Waals surface area contributed by atoms with Crippen molar-refractivity contribution in [3.8, 4) is 22.5 Å². The van der Waals surface area contributed by atoms with E-state index in [0.29, 0.717) is 5.82 Å². The Balaban J connectivity index is 1.46. The summed E-state index contributed by atoms with van der Waals surface area (Å²) < 4.78 is 8.14. The van der Waals surface area contributed by atoms with Crippen molar-refractivity contribution in [1.29, 1.82) is 0 Å². The van der Waals surface area contributed by atoms with E-state index in [1.54, 1.807) is 7.11 Å². The fraction of sp³-hybridized carbons (Fsp3) is 0.345. The van der Waals surface area contributed by atoms with Crippen LogP contribution in [0.15, 0.2) is 48.5 Å². The van der Waals surface area contributed by atoms with Crippen molar-refractivity contribution in [1.82, 2.24) is 35.2 Å². The summed E-state index contributed by atoms with van der Waals surface area (Å²) in [5, 5.41) is 14.7. The van der Waals surface area contributed by atoms with Gasteiger partial charge < -0.3 is 9.30 Å². The maximum absolute atomic E-state index is 5.77. The van der Waals surface area contributed by atoms with Gasteiger partial charge in [-0.25, -0.2) is 9.97 Å². The summed E-state index contributed by atoms with van der Waals surface area (Å²) in [4.78, 5) is 10.2. The van der Waals surface area contributed by atoms with Gasteiger partial charge in [-0.1, -0.05) is 49.4 Å². The van der Waals surface area contributed by atoms with Gasteiger partial charge in [-0.15, -0.1) is 10.2 Å². The van der Waals surface area contributed by atoms with E-state index in [4.69, 9.17) is 14.7 Å². The second-order valence-corrected chi connectivity index (χ2v) is 10.2. The molecule has 0 bridgehead atoms. The molecule has 0 radical (unpaired) electrons. The number of benzene rings is 2. The van der Waals surface area contributed by atoms with Crippen LogP contribution in [0.2, 0.25) is 0 Å². The van der Waals surface area contributed by atoms with E-state index in [9.17, 15) is 0 Å². The predicted molar refractivity (Wildman–Crippen MR) is 143 cm³/mol. The predicted octanol–water partition coefficient (Wildman–Crippen LogP) is 5.57. The van der Waals surface area contributed by atoms with Crippen LogP contribution in [0, 0.1) is 6.92 Å². The molecule has 1 aliphatic rings. The molecule has 1 atom stereocenters. The molecule has 3 aromatic heterocycles. The normalized spacial score (nSPS) is 15.4. The van der Waals surface area contributed by atoms with E-state index in [2.05, 4.69) is 83.2 Å². The molecule has 1 aliphatic carbocycles. The minimum absolute atomic E-state index is 0.198. The first-order valence-electron chi connectivity index (χ1n) is 12.8. The molecule has 0 unspecified atom stereocenters. The number of nitrogens with zero attached hydrogens (tertiary/aromatic N) is 6. The number of hydrogen-bond donors (Lipinski definition) is 1. The fourth-order valence-electron chi connectivity index (χ4n) is 5.49. The number of methoxy groups -OCH3 is 1. The number of tetrazole rings is 1. The number of nitrogens with one attached hydrogen (secondary N) is 1. The van der Waals surface area contributed by atoms with Gasteiger partial charge in [-0.2, -0.15) is 5.21 Å². The molecule has 0 aliphatic heterocycles. The Morgan fingerprint density at radius 1 is 1.08 bits per heavy atom. The molecule has 0 saturated heterocycles. The highest BCUT2D eigenvalue weighted by Crippen LogP contribution is 2.41. The third kappa shape index (κ3) is 3.83. The van der Waals surface area contributed by atoms with E-state index >= 15 is 0 Å². The average molecular weight is 494 g/mol. The molecule has 0 saturated carbocycles. The topological polar surface area (TPSA) is 94.4 Å². The average Bonchev–Trinajstić information content (AvgIpc) is 3.66. The van der Waals surface area contributed by atoms with Gasteiger partial charge in [-0.3, -0.25) is 0 Å². The van der Waals surface area contributed by atoms with E-state index in [0.717, 1.165) is 64.2 Å². The van der Waals surface area contributed by atoms with Crippen LogP contribution >= 0.6 is 0 Å². The van der Waals surface area contributed by atoms with E-state index in [1.807, 2.05) is 18.2 Å². The molecule has 2 aromatic carbocycles. The number of fused-ring (bicyclic) bond motifs is 2. The zero-order valence-corrected chi connectivity index (χ0v) is 21.9. The van der Waals surface area contributed by atoms with Crippen LogP contribution in [0.5, 0.6) is 0 Å². The molecule has 0 amide bonds. The minimum Gasteiger partial charge on any atom is -0.373 e. The number of aromatic amines is 1. The SMILES string of the molecule is CCc1nc2c(C)cc(C(C)(C)OC)nc2n1[C@H]1CCc2cc(-c3ccccc3-c3nn[nH]n3)ccc21. The van der Waals surface area contributed by atoms with Gasteiger partial charge in [0, 0.05) is 19.1 Å². The Morgan fingerprint density at radius 3 is 2.62 bits per heavy atom. The van der Waals surface area contributed by atoms with Crippen molar-refractivity contribution in [2.45, 2.75) is 58.6 Å². The lowest BCUT2D eigenvalue weighted by Gasteiger charge is -2.23. The lowest BCUT2D eigenvalue weighted by Crippen LogP contribution is -2.22. The second kappa shape index (κ2) is 8.88. The van der Waals surface area contributed by atoms with Crippen molar-refractivity contribution >= 4 is 11.2 Å². The van der Waals surface area contributed by atoms with Crippen molar-refractivity contribution in [2.24, 2.45) is 0 Å². The number of ether oxygens (including phenoxy) is 1. The summed E-state index contributed by atoms with van der Waals surface area (Å²) in [6.07, 6.45) is 2.87. The molecule has 3 heterocycles. The van der Waals surface area contributed by atoms with Gasteiger partial charge >= 0.3 is 0 Å². The smallest absolute Gasteiger partial charge is 0.205 e. The Kier molecular flexibility index (Phi) is 5.64. The molecule has 1 N–H and O–H groups in total. The number of pyridine rings is 1. The zero-order chi connectivity index (χ0) is 25.7. The molecule has 6 rings (SSSR count). The number of aromatic nitrogens is 7. The van der Waals surface area contributed by atoms with Crippen molar-refractivity contribution in [3.63, 3.8) is 0 Å². The van der Waals surface area contributed by atoms with Gasteiger partial charge in [-0.05, 0) is 72.7 Å². The minimum atomic E-state index is -0.477. The van der Waals surface area contributed by atoms with Gasteiger partial charge in [0.05, 0.1) is 11.7 Å². The Labute approximate surface area is 216 Å². The van der Waals surface area contributed by atoms with Crippen LogP contribution < -0.4 is 0 Å². The van der Waals surface area contributed by atoms with Crippen LogP contribution in [0.25, 0.3) is 33.7 Å². The van der Waals surface area contributed by atoms with Crippen LogP contribution in [-0.4, -0.2) is 42.3 Å². The summed E-state index contributed by atoms with van der Waals surface area (Å²) in [5.74, 6) is 1.67. The molecule has 8 heteroatoms. The number of H-pyrrole nitrogens is 1. The van der Waals surface area contributed by atoms with Crippen LogP contribution in [0.4, 0.5) is 0 Å². The summed E-state index contributed by atoms with van der Waals surface area (Å²) in [6, 6.07) is 17.3. The molecule has 37 heavy (non-hydrogen) atoms. The number of hydrogen-bond acceptors (Lipinski definition) is 6. The van der Waals surface area contributed by atoms with Gasteiger partial charge in [0.15, 0.2) is 5.65 Å². The Bertz CT molecular complexity index is 1600. The van der Waals surface area contributed by atoms with Gasteiger partial charge in [0.25, 0.3) is 0 Å². The van der Waals surface area contributed by atoms with Crippen molar-refractivity contribution in [2.75, 3.05) is 7.11 Å². The van der Waals surface area contributed by atoms with Gasteiger partial charge in [0.1, 0.15) is 16.9 Å². The molecule has 8 nitrogen and oxygen atoms in total. The Morgan fingerprint density at radius 2 is 1.89 bits per heavy atom. The summed E-state index contributed by atoms with van der Waals surface area (Å²) in [7, 11) is 1.73. The van der Waals surface area contributed by atoms with E-state index in [-0.39, 0.29) is 6.04 Å². The summed E-state index contributed by atoms with van der Waals surface area (Å²) >= 11 is 0. The number of aryl methyl sites for hydroxylation is 3. The third-order valence-corrected chi connectivity index (χ3v) is 7.68. The summed E-state index contributed by atoms with van der Waals surface area (Å²) in [5.41, 5.74) is 9.42. The largest absolute Gasteiger partial charge is 0.373 e. The highest BCUT2D eigenvalue weighted by Gasteiger charge is 2.30. The van der Waals surface area contributed by atoms with Crippen molar-refractivity contribution < 1.29 is 4.74 Å². The highest BCUT2D eigenvalue weighted by atomic mass is 16.5. The van der Waals surface area contributed by atoms with Crippen LogP contribution in [0.1, 0.15) is 61.4 Å². The maximum Gasteiger partial charge on any atom is 0.205 e. The second-order valence-electron chi connectivity index (χ2n) is 10.2. The quantitative estimate of drug-likeness (QED) is 0.332. The molecule has 188 valence electrons. The highest BCUT2D eigenvalue weighted by molar-refractivity contribution is 5.81. The lowest BCUT2D eigenvalue weighted by atomic mass is 9.96. The maximum atomic E-state index is 5.77. The fourth-order valence-corrected chi connectivity index (χ4v) is 5.49. The lowest BCUT2D eigenvalue weighted by molar-refractivity contribution is 0.0156. The Hall–Kier alpha value is -3.91. The van der Waals surface area contributed by atoms with E-state index < -0.39 is 5.60 Å². The first-order chi connectivity index (χ1) is 17.9.